The molecule has 3 rings (SSSR count). The number of carbonyl (C=O) groups excluding carboxylic acids is 2. The Morgan fingerprint density at radius 3 is 2.64 bits per heavy atom. The fraction of sp³-hybridized carbons (Fsp3) is 0.200. The maximum atomic E-state index is 12.6. The fourth-order valence-electron chi connectivity index (χ4n) is 2.61. The summed E-state index contributed by atoms with van der Waals surface area (Å²) in [5.74, 6) is -0.586. The molecule has 1 aliphatic heterocycles. The third kappa shape index (κ3) is 3.88. The Kier molecular flexibility index (Phi) is 5.14. The zero-order valence-electron chi connectivity index (χ0n) is 13.9. The molecule has 128 valence electrons. The number of rotatable bonds is 4. The van der Waals surface area contributed by atoms with E-state index in [1.54, 1.807) is 6.07 Å². The van der Waals surface area contributed by atoms with Gasteiger partial charge in [0.2, 0.25) is 0 Å². The van der Waals surface area contributed by atoms with E-state index < -0.39 is 11.9 Å². The van der Waals surface area contributed by atoms with Crippen LogP contribution in [0.5, 0.6) is 5.75 Å². The van der Waals surface area contributed by atoms with Crippen LogP contribution in [0.2, 0.25) is 0 Å². The van der Waals surface area contributed by atoms with E-state index >= 15 is 0 Å². The third-order valence-electron chi connectivity index (χ3n) is 3.85. The van der Waals surface area contributed by atoms with Crippen molar-refractivity contribution >= 4 is 11.9 Å². The van der Waals surface area contributed by atoms with Gasteiger partial charge in [0, 0.05) is 0 Å². The van der Waals surface area contributed by atoms with E-state index in [4.69, 9.17) is 14.2 Å². The summed E-state index contributed by atoms with van der Waals surface area (Å²) < 4.78 is 15.9. The van der Waals surface area contributed by atoms with E-state index in [0.717, 1.165) is 11.1 Å². The molecule has 25 heavy (non-hydrogen) atoms. The van der Waals surface area contributed by atoms with Crippen LogP contribution in [0.1, 0.15) is 31.8 Å². The predicted octanol–water partition coefficient (Wildman–Crippen LogP) is 3.32. The number of carbonyl (C=O) groups is 2. The van der Waals surface area contributed by atoms with Crippen LogP contribution >= 0.6 is 0 Å². The predicted molar refractivity (Wildman–Crippen MR) is 91.7 cm³/mol. The largest absolute Gasteiger partial charge is 0.488 e. The maximum Gasteiger partial charge on any atom is 0.342 e. The van der Waals surface area contributed by atoms with Gasteiger partial charge in [0.25, 0.3) is 0 Å². The number of benzene rings is 2. The van der Waals surface area contributed by atoms with Gasteiger partial charge in [-0.15, -0.1) is 0 Å². The molecule has 1 heterocycles. The third-order valence-corrected chi connectivity index (χ3v) is 3.85. The molecule has 5 nitrogen and oxygen atoms in total. The van der Waals surface area contributed by atoms with Crippen LogP contribution in [0, 0.1) is 0 Å². The van der Waals surface area contributed by atoms with Crippen LogP contribution in [0.4, 0.5) is 0 Å². The Bertz CT molecular complexity index is 808. The lowest BCUT2D eigenvalue weighted by atomic mass is 10.0. The van der Waals surface area contributed by atoms with Crippen molar-refractivity contribution < 1.29 is 23.8 Å². The second-order valence-electron chi connectivity index (χ2n) is 5.55. The van der Waals surface area contributed by atoms with Gasteiger partial charge >= 0.3 is 11.9 Å². The van der Waals surface area contributed by atoms with Crippen LogP contribution in [0.3, 0.4) is 0 Å². The number of hydrogen-bond donors (Lipinski definition) is 0. The van der Waals surface area contributed by atoms with Gasteiger partial charge < -0.3 is 14.2 Å². The average Bonchev–Trinajstić information content (AvgIpc) is 2.90. The van der Waals surface area contributed by atoms with Crippen LogP contribution in [-0.4, -0.2) is 25.7 Å². The molecule has 0 radical (unpaired) electrons. The molecule has 0 bridgehead atoms. The van der Waals surface area contributed by atoms with Crippen LogP contribution in [0.15, 0.2) is 54.6 Å². The van der Waals surface area contributed by atoms with Crippen LogP contribution in [0.25, 0.3) is 0 Å². The highest BCUT2D eigenvalue weighted by atomic mass is 16.5. The van der Waals surface area contributed by atoms with E-state index in [1.165, 1.54) is 13.2 Å². The van der Waals surface area contributed by atoms with Gasteiger partial charge in [-0.3, -0.25) is 0 Å². The highest BCUT2D eigenvalue weighted by molar-refractivity contribution is 5.98. The summed E-state index contributed by atoms with van der Waals surface area (Å²) in [7, 11) is 1.30. The Hall–Kier alpha value is -3.08. The number of methoxy groups -OCH3 is 1. The highest BCUT2D eigenvalue weighted by Gasteiger charge is 2.22. The van der Waals surface area contributed by atoms with Gasteiger partial charge in [-0.1, -0.05) is 42.5 Å². The SMILES string of the molecule is COC(=O)c1cc2c(c(C(=O)OCc3ccccc3)c1)OCC=CC2. The van der Waals surface area contributed by atoms with Crippen molar-refractivity contribution in [1.82, 2.24) is 0 Å². The first-order chi connectivity index (χ1) is 12.2. The molecule has 0 aromatic heterocycles. The number of allylic oxidation sites excluding steroid dienone is 1. The first-order valence-corrected chi connectivity index (χ1v) is 7.93. The Labute approximate surface area is 145 Å². The second-order valence-corrected chi connectivity index (χ2v) is 5.55. The summed E-state index contributed by atoms with van der Waals surface area (Å²) in [6.07, 6.45) is 4.38. The molecule has 0 aliphatic carbocycles. The van der Waals surface area contributed by atoms with Crippen LogP contribution < -0.4 is 4.74 Å². The summed E-state index contributed by atoms with van der Waals surface area (Å²) in [6, 6.07) is 12.5. The van der Waals surface area contributed by atoms with E-state index in [9.17, 15) is 9.59 Å². The standard InChI is InChI=1S/C20H18O5/c1-23-19(21)16-11-15-9-5-6-10-24-18(15)17(12-16)20(22)25-13-14-7-3-2-4-8-14/h2-8,11-12H,9-10,13H2,1H3. The molecule has 2 aromatic carbocycles. The summed E-state index contributed by atoms with van der Waals surface area (Å²) >= 11 is 0. The molecule has 0 saturated carbocycles. The summed E-state index contributed by atoms with van der Waals surface area (Å²) in [5.41, 5.74) is 2.17. The Morgan fingerprint density at radius 2 is 1.88 bits per heavy atom. The second kappa shape index (κ2) is 7.66. The number of fused-ring (bicyclic) bond motifs is 1. The fourth-order valence-corrected chi connectivity index (χ4v) is 2.61. The van der Waals surface area contributed by atoms with Gasteiger partial charge in [-0.2, -0.15) is 0 Å². The van der Waals surface area contributed by atoms with Crippen molar-refractivity contribution in [3.8, 4) is 5.75 Å². The molecule has 5 heteroatoms. The Balaban J connectivity index is 1.90. The van der Waals surface area contributed by atoms with E-state index in [2.05, 4.69) is 0 Å². The van der Waals surface area contributed by atoms with Gasteiger partial charge in [0.1, 0.15) is 24.5 Å². The Morgan fingerprint density at radius 1 is 1.08 bits per heavy atom. The van der Waals surface area contributed by atoms with Crippen molar-refractivity contribution in [3.63, 3.8) is 0 Å². The first kappa shape index (κ1) is 16.8. The molecular weight excluding hydrogens is 320 g/mol. The van der Waals surface area contributed by atoms with Gasteiger partial charge in [0.15, 0.2) is 0 Å². The lowest BCUT2D eigenvalue weighted by Gasteiger charge is -2.14. The number of hydrogen-bond acceptors (Lipinski definition) is 5. The van der Waals surface area contributed by atoms with E-state index in [-0.39, 0.29) is 12.2 Å². The van der Waals surface area contributed by atoms with Crippen molar-refractivity contribution in [2.24, 2.45) is 0 Å². The first-order valence-electron chi connectivity index (χ1n) is 7.93. The van der Waals surface area contributed by atoms with Crippen molar-refractivity contribution in [2.45, 2.75) is 13.0 Å². The smallest absolute Gasteiger partial charge is 0.342 e. The molecule has 0 spiro atoms. The van der Waals surface area contributed by atoms with Crippen molar-refractivity contribution in [3.05, 3.63) is 76.9 Å². The monoisotopic (exact) mass is 338 g/mol. The topological polar surface area (TPSA) is 61.8 Å². The minimum absolute atomic E-state index is 0.148. The molecule has 1 aliphatic rings. The molecular formula is C20H18O5. The lowest BCUT2D eigenvalue weighted by molar-refractivity contribution is 0.0468. The molecule has 0 N–H and O–H groups in total. The molecule has 0 unspecified atom stereocenters. The molecule has 0 saturated heterocycles. The molecule has 0 amide bonds. The zero-order valence-corrected chi connectivity index (χ0v) is 13.9. The summed E-state index contributed by atoms with van der Waals surface area (Å²) in [5, 5.41) is 0. The minimum Gasteiger partial charge on any atom is -0.488 e. The van der Waals surface area contributed by atoms with Crippen molar-refractivity contribution in [1.29, 1.82) is 0 Å². The van der Waals surface area contributed by atoms with Crippen molar-refractivity contribution in [2.75, 3.05) is 13.7 Å². The maximum absolute atomic E-state index is 12.6. The van der Waals surface area contributed by atoms with Gasteiger partial charge in [0.05, 0.1) is 12.7 Å². The van der Waals surface area contributed by atoms with Gasteiger partial charge in [-0.05, 0) is 29.7 Å². The molecule has 0 fully saturated rings. The zero-order chi connectivity index (χ0) is 17.6. The lowest BCUT2D eigenvalue weighted by Crippen LogP contribution is -2.12. The van der Waals surface area contributed by atoms with E-state index in [0.29, 0.717) is 24.3 Å². The van der Waals surface area contributed by atoms with Gasteiger partial charge in [-0.25, -0.2) is 9.59 Å². The molecule has 0 atom stereocenters. The average molecular weight is 338 g/mol. The quantitative estimate of drug-likeness (QED) is 0.632. The highest BCUT2D eigenvalue weighted by Crippen LogP contribution is 2.30. The number of ether oxygens (including phenoxy) is 3. The molecule has 2 aromatic rings. The van der Waals surface area contributed by atoms with E-state index in [1.807, 2.05) is 42.5 Å². The summed E-state index contributed by atoms with van der Waals surface area (Å²) in [4.78, 5) is 24.5. The minimum atomic E-state index is -0.534. The number of esters is 2. The van der Waals surface area contributed by atoms with Crippen LogP contribution in [-0.2, 0) is 22.5 Å². The normalized spacial score (nSPS) is 12.5. The summed E-state index contributed by atoms with van der Waals surface area (Å²) in [6.45, 7) is 0.513.